The van der Waals surface area contributed by atoms with Crippen molar-refractivity contribution in [2.75, 3.05) is 0 Å². The summed E-state index contributed by atoms with van der Waals surface area (Å²) >= 11 is 0. The predicted molar refractivity (Wildman–Crippen MR) is 68.9 cm³/mol. The average molecular weight is 224 g/mol. The molecule has 2 heteroatoms. The zero-order chi connectivity index (χ0) is 11.3. The number of hydrogen-bond donors (Lipinski definition) is 0. The topological polar surface area (TPSA) is 17.1 Å². The quantitative estimate of drug-likeness (QED) is 0.509. The maximum Gasteiger partial charge on any atom is 0.133 e. The second-order valence-electron chi connectivity index (χ2n) is 5.70. The maximum atomic E-state index is 11.3. The van der Waals surface area contributed by atoms with Gasteiger partial charge in [-0.2, -0.15) is 0 Å². The minimum atomic E-state index is -1.04. The zero-order valence-corrected chi connectivity index (χ0v) is 11.2. The van der Waals surface area contributed by atoms with E-state index in [2.05, 4.69) is 25.7 Å². The fraction of sp³-hybridized carbons (Fsp3) is 0.769. The highest BCUT2D eigenvalue weighted by atomic mass is 28.3. The average Bonchev–Trinajstić information content (AvgIpc) is 2.15. The van der Waals surface area contributed by atoms with Crippen molar-refractivity contribution in [2.45, 2.75) is 57.3 Å². The van der Waals surface area contributed by atoms with Gasteiger partial charge >= 0.3 is 0 Å². The van der Waals surface area contributed by atoms with E-state index < -0.39 is 8.07 Å². The van der Waals surface area contributed by atoms with E-state index in [0.717, 1.165) is 19.3 Å². The molecule has 0 spiro atoms. The van der Waals surface area contributed by atoms with Crippen molar-refractivity contribution < 1.29 is 4.79 Å². The van der Waals surface area contributed by atoms with E-state index in [0.29, 0.717) is 11.7 Å². The van der Waals surface area contributed by atoms with E-state index in [9.17, 15) is 4.79 Å². The summed E-state index contributed by atoms with van der Waals surface area (Å²) in [6.45, 7) is 8.69. The van der Waals surface area contributed by atoms with Gasteiger partial charge in [-0.1, -0.05) is 31.6 Å². The van der Waals surface area contributed by atoms with Gasteiger partial charge in [-0.3, -0.25) is 4.79 Å². The van der Waals surface area contributed by atoms with Crippen LogP contribution in [0.5, 0.6) is 0 Å². The van der Waals surface area contributed by atoms with E-state index in [1.807, 2.05) is 0 Å². The first-order valence-electron chi connectivity index (χ1n) is 6.16. The lowest BCUT2D eigenvalue weighted by molar-refractivity contribution is -0.121. The Bertz CT molecular complexity index is 233. The van der Waals surface area contributed by atoms with Crippen molar-refractivity contribution in [1.82, 2.24) is 0 Å². The molecule has 0 aromatic carbocycles. The van der Waals surface area contributed by atoms with Gasteiger partial charge in [-0.05, 0) is 24.8 Å². The van der Waals surface area contributed by atoms with Gasteiger partial charge in [0.25, 0.3) is 0 Å². The van der Waals surface area contributed by atoms with Gasteiger partial charge in [0.15, 0.2) is 0 Å². The monoisotopic (exact) mass is 224 g/mol. The second kappa shape index (κ2) is 5.64. The first-order valence-corrected chi connectivity index (χ1v) is 9.57. The van der Waals surface area contributed by atoms with Crippen LogP contribution in [0.4, 0.5) is 0 Å². The highest BCUT2D eigenvalue weighted by Crippen LogP contribution is 2.29. The molecule has 0 aliphatic heterocycles. The van der Waals surface area contributed by atoms with E-state index >= 15 is 0 Å². The van der Waals surface area contributed by atoms with Gasteiger partial charge in [0, 0.05) is 12.8 Å². The standard InChI is InChI=1S/C13H24OSi/c1-4-9-15(2,3)10-8-12-6-5-7-13(14)11-12/h4,12H,1,5-11H2,2-3H3. The van der Waals surface area contributed by atoms with Crippen molar-refractivity contribution >= 4 is 13.9 Å². The lowest BCUT2D eigenvalue weighted by Gasteiger charge is -2.26. The summed E-state index contributed by atoms with van der Waals surface area (Å²) < 4.78 is 0. The normalized spacial score (nSPS) is 22.8. The van der Waals surface area contributed by atoms with E-state index in [1.54, 1.807) is 0 Å². The van der Waals surface area contributed by atoms with Crippen LogP contribution in [0.3, 0.4) is 0 Å². The molecule has 86 valence electrons. The molecular formula is C13H24OSi. The molecule has 1 aliphatic rings. The Morgan fingerprint density at radius 2 is 2.27 bits per heavy atom. The van der Waals surface area contributed by atoms with Crippen LogP contribution < -0.4 is 0 Å². The van der Waals surface area contributed by atoms with Crippen molar-refractivity contribution in [1.29, 1.82) is 0 Å². The van der Waals surface area contributed by atoms with Gasteiger partial charge in [-0.15, -0.1) is 6.58 Å². The van der Waals surface area contributed by atoms with Gasteiger partial charge in [0.1, 0.15) is 5.78 Å². The molecule has 1 atom stereocenters. The second-order valence-corrected chi connectivity index (χ2v) is 10.9. The Morgan fingerprint density at radius 3 is 2.87 bits per heavy atom. The molecule has 15 heavy (non-hydrogen) atoms. The number of rotatable bonds is 5. The van der Waals surface area contributed by atoms with Crippen LogP contribution in [0.1, 0.15) is 32.1 Å². The van der Waals surface area contributed by atoms with Crippen LogP contribution in [-0.2, 0) is 4.79 Å². The van der Waals surface area contributed by atoms with Crippen LogP contribution in [0.25, 0.3) is 0 Å². The Balaban J connectivity index is 2.29. The minimum Gasteiger partial charge on any atom is -0.300 e. The molecule has 1 fully saturated rings. The summed E-state index contributed by atoms with van der Waals surface area (Å²) in [5, 5.41) is 0. The third kappa shape index (κ3) is 4.78. The number of Topliss-reactive ketones (excluding diaryl/α,β-unsaturated/α-hetero) is 1. The number of carbonyl (C=O) groups excluding carboxylic acids is 1. The summed E-state index contributed by atoms with van der Waals surface area (Å²) in [4.78, 5) is 11.3. The molecule has 0 saturated heterocycles. The summed E-state index contributed by atoms with van der Waals surface area (Å²) in [6.07, 6.45) is 7.46. The molecule has 0 radical (unpaired) electrons. The van der Waals surface area contributed by atoms with Gasteiger partial charge in [0.2, 0.25) is 0 Å². The number of carbonyl (C=O) groups is 1. The van der Waals surface area contributed by atoms with Crippen molar-refractivity contribution in [3.05, 3.63) is 12.7 Å². The Hall–Kier alpha value is -0.373. The fourth-order valence-electron chi connectivity index (χ4n) is 2.45. The molecule has 1 saturated carbocycles. The van der Waals surface area contributed by atoms with Crippen LogP contribution >= 0.6 is 0 Å². The highest BCUT2D eigenvalue weighted by Gasteiger charge is 2.24. The Morgan fingerprint density at radius 1 is 1.53 bits per heavy atom. The molecule has 0 aromatic rings. The summed E-state index contributed by atoms with van der Waals surface area (Å²) in [6, 6.07) is 2.57. The van der Waals surface area contributed by atoms with Crippen LogP contribution in [0.2, 0.25) is 25.2 Å². The van der Waals surface area contributed by atoms with E-state index in [-0.39, 0.29) is 0 Å². The molecule has 0 heterocycles. The number of ketones is 1. The first kappa shape index (κ1) is 12.7. The van der Waals surface area contributed by atoms with E-state index in [1.165, 1.54) is 24.9 Å². The van der Waals surface area contributed by atoms with Crippen LogP contribution in [-0.4, -0.2) is 13.9 Å². The number of hydrogen-bond acceptors (Lipinski definition) is 1. The third-order valence-corrected chi connectivity index (χ3v) is 6.55. The molecule has 0 amide bonds. The minimum absolute atomic E-state index is 0.495. The third-order valence-electron chi connectivity index (χ3n) is 3.51. The van der Waals surface area contributed by atoms with Gasteiger partial charge in [-0.25, -0.2) is 0 Å². The van der Waals surface area contributed by atoms with Crippen molar-refractivity contribution in [3.63, 3.8) is 0 Å². The van der Waals surface area contributed by atoms with E-state index in [4.69, 9.17) is 0 Å². The Kier molecular flexibility index (Phi) is 4.77. The first-order chi connectivity index (χ1) is 7.03. The van der Waals surface area contributed by atoms with Gasteiger partial charge in [0.05, 0.1) is 8.07 Å². The largest absolute Gasteiger partial charge is 0.300 e. The van der Waals surface area contributed by atoms with Crippen LogP contribution in [0.15, 0.2) is 12.7 Å². The molecule has 1 rings (SSSR count). The molecule has 1 aliphatic carbocycles. The maximum absolute atomic E-state index is 11.3. The van der Waals surface area contributed by atoms with Gasteiger partial charge < -0.3 is 0 Å². The molecule has 0 aromatic heterocycles. The summed E-state index contributed by atoms with van der Waals surface area (Å²) in [5.41, 5.74) is 0. The molecule has 0 bridgehead atoms. The smallest absolute Gasteiger partial charge is 0.133 e. The fourth-order valence-corrected chi connectivity index (χ4v) is 4.62. The summed E-state index contributed by atoms with van der Waals surface area (Å²) in [7, 11) is -1.04. The predicted octanol–water partition coefficient (Wildman–Crippen LogP) is 4.03. The molecule has 0 N–H and O–H groups in total. The van der Waals surface area contributed by atoms with Crippen molar-refractivity contribution in [2.24, 2.45) is 5.92 Å². The summed E-state index contributed by atoms with van der Waals surface area (Å²) in [5.74, 6) is 1.19. The lowest BCUT2D eigenvalue weighted by atomic mass is 9.87. The Labute approximate surface area is 95.0 Å². The molecular weight excluding hydrogens is 200 g/mol. The SMILES string of the molecule is C=CC[Si](C)(C)CCC1CCCC(=O)C1. The zero-order valence-electron chi connectivity index (χ0n) is 10.2. The van der Waals surface area contributed by atoms with Crippen LogP contribution in [0, 0.1) is 5.92 Å². The molecule has 1 nitrogen and oxygen atoms in total. The highest BCUT2D eigenvalue weighted by molar-refractivity contribution is 6.77. The number of allylic oxidation sites excluding steroid dienone is 1. The lowest BCUT2D eigenvalue weighted by Crippen LogP contribution is -2.26. The van der Waals surface area contributed by atoms with Crippen molar-refractivity contribution in [3.8, 4) is 0 Å². The molecule has 1 unspecified atom stereocenters.